The summed E-state index contributed by atoms with van der Waals surface area (Å²) in [6, 6.07) is 0.742. The van der Waals surface area contributed by atoms with Gasteiger partial charge in [-0.15, -0.1) is 0 Å². The molecular weight excluding hydrogens is 148 g/mol. The zero-order valence-corrected chi connectivity index (χ0v) is 7.88. The van der Waals surface area contributed by atoms with E-state index < -0.39 is 0 Å². The molecule has 1 heterocycles. The van der Waals surface area contributed by atoms with Gasteiger partial charge in [-0.3, -0.25) is 0 Å². The van der Waals surface area contributed by atoms with Crippen molar-refractivity contribution in [3.8, 4) is 0 Å². The maximum atomic E-state index is 4.32. The van der Waals surface area contributed by atoms with Gasteiger partial charge in [0.05, 0.1) is 12.0 Å². The summed E-state index contributed by atoms with van der Waals surface area (Å²) in [5.74, 6) is 0. The number of aryl methyl sites for hydroxylation is 1. The fourth-order valence-corrected chi connectivity index (χ4v) is 2.07. The van der Waals surface area contributed by atoms with Crippen LogP contribution in [0, 0.1) is 13.8 Å². The molecule has 2 nitrogen and oxygen atoms in total. The van der Waals surface area contributed by atoms with E-state index >= 15 is 0 Å². The van der Waals surface area contributed by atoms with Gasteiger partial charge in [-0.2, -0.15) is 0 Å². The van der Waals surface area contributed by atoms with E-state index in [0.29, 0.717) is 0 Å². The Balaban J connectivity index is 2.26. The minimum atomic E-state index is 0.742. The molecule has 0 saturated heterocycles. The summed E-state index contributed by atoms with van der Waals surface area (Å²) in [5, 5.41) is 0. The third-order valence-electron chi connectivity index (χ3n) is 3.00. The molecule has 1 aromatic heterocycles. The fourth-order valence-electron chi connectivity index (χ4n) is 2.07. The predicted octanol–water partition coefficient (Wildman–Crippen LogP) is 2.62. The molecule has 1 saturated carbocycles. The number of aromatic nitrogens is 2. The lowest BCUT2D eigenvalue weighted by Crippen LogP contribution is -2.04. The molecule has 0 unspecified atom stereocenters. The van der Waals surface area contributed by atoms with E-state index in [-0.39, 0.29) is 0 Å². The van der Waals surface area contributed by atoms with Gasteiger partial charge in [0.25, 0.3) is 0 Å². The summed E-state index contributed by atoms with van der Waals surface area (Å²) in [4.78, 5) is 4.32. The van der Waals surface area contributed by atoms with E-state index in [1.807, 2.05) is 6.33 Å². The highest BCUT2D eigenvalue weighted by molar-refractivity contribution is 5.10. The van der Waals surface area contributed by atoms with Crippen LogP contribution in [-0.4, -0.2) is 9.55 Å². The Morgan fingerprint density at radius 1 is 1.33 bits per heavy atom. The van der Waals surface area contributed by atoms with Crippen molar-refractivity contribution in [1.29, 1.82) is 0 Å². The number of nitrogens with zero attached hydrogens (tertiary/aromatic N) is 2. The molecule has 2 heteroatoms. The summed E-state index contributed by atoms with van der Waals surface area (Å²) in [6.45, 7) is 4.25. The zero-order chi connectivity index (χ0) is 8.55. The minimum Gasteiger partial charge on any atom is -0.332 e. The fraction of sp³-hybridized carbons (Fsp3) is 0.700. The molecule has 2 rings (SSSR count). The molecule has 0 aliphatic heterocycles. The molecular formula is C10H16N2. The number of hydrogen-bond acceptors (Lipinski definition) is 1. The second-order valence-corrected chi connectivity index (χ2v) is 3.76. The SMILES string of the molecule is Cc1ncn(C2CCCC2)c1C. The highest BCUT2D eigenvalue weighted by Crippen LogP contribution is 2.30. The zero-order valence-electron chi connectivity index (χ0n) is 7.88. The largest absolute Gasteiger partial charge is 0.332 e. The van der Waals surface area contributed by atoms with E-state index in [4.69, 9.17) is 0 Å². The molecule has 1 aromatic rings. The van der Waals surface area contributed by atoms with Crippen LogP contribution in [0.3, 0.4) is 0 Å². The second-order valence-electron chi connectivity index (χ2n) is 3.76. The number of imidazole rings is 1. The standard InChI is InChI=1S/C10H16N2/c1-8-9(2)12(7-11-8)10-5-3-4-6-10/h7,10H,3-6H2,1-2H3. The van der Waals surface area contributed by atoms with Gasteiger partial charge in [0.15, 0.2) is 0 Å². The maximum absolute atomic E-state index is 4.32. The van der Waals surface area contributed by atoms with Crippen molar-refractivity contribution < 1.29 is 0 Å². The van der Waals surface area contributed by atoms with Crippen molar-refractivity contribution >= 4 is 0 Å². The van der Waals surface area contributed by atoms with Crippen LogP contribution in [0.2, 0.25) is 0 Å². The van der Waals surface area contributed by atoms with Gasteiger partial charge in [-0.25, -0.2) is 4.98 Å². The van der Waals surface area contributed by atoms with Crippen LogP contribution >= 0.6 is 0 Å². The summed E-state index contributed by atoms with van der Waals surface area (Å²) in [5.41, 5.74) is 2.53. The van der Waals surface area contributed by atoms with Crippen molar-refractivity contribution in [3.63, 3.8) is 0 Å². The molecule has 0 spiro atoms. The smallest absolute Gasteiger partial charge is 0.0954 e. The van der Waals surface area contributed by atoms with Crippen LogP contribution in [-0.2, 0) is 0 Å². The van der Waals surface area contributed by atoms with Gasteiger partial charge >= 0.3 is 0 Å². The molecule has 0 atom stereocenters. The third-order valence-corrected chi connectivity index (χ3v) is 3.00. The highest BCUT2D eigenvalue weighted by atomic mass is 15.1. The predicted molar refractivity (Wildman–Crippen MR) is 49.2 cm³/mol. The Kier molecular flexibility index (Phi) is 1.91. The van der Waals surface area contributed by atoms with E-state index in [1.54, 1.807) is 0 Å². The first-order valence-electron chi connectivity index (χ1n) is 4.79. The van der Waals surface area contributed by atoms with Crippen molar-refractivity contribution in [1.82, 2.24) is 9.55 Å². The molecule has 1 aliphatic carbocycles. The quantitative estimate of drug-likeness (QED) is 0.624. The number of rotatable bonds is 1. The van der Waals surface area contributed by atoms with E-state index in [2.05, 4.69) is 23.4 Å². The summed E-state index contributed by atoms with van der Waals surface area (Å²) < 4.78 is 2.35. The topological polar surface area (TPSA) is 17.8 Å². The Labute approximate surface area is 73.6 Å². The molecule has 0 aromatic carbocycles. The molecule has 66 valence electrons. The first-order valence-corrected chi connectivity index (χ1v) is 4.79. The molecule has 1 fully saturated rings. The summed E-state index contributed by atoms with van der Waals surface area (Å²) >= 11 is 0. The summed E-state index contributed by atoms with van der Waals surface area (Å²) in [6.07, 6.45) is 7.47. The van der Waals surface area contributed by atoms with Gasteiger partial charge < -0.3 is 4.57 Å². The highest BCUT2D eigenvalue weighted by Gasteiger charge is 2.18. The van der Waals surface area contributed by atoms with Crippen LogP contribution in [0.5, 0.6) is 0 Å². The van der Waals surface area contributed by atoms with E-state index in [0.717, 1.165) is 6.04 Å². The van der Waals surface area contributed by atoms with Gasteiger partial charge in [-0.05, 0) is 26.7 Å². The van der Waals surface area contributed by atoms with Crippen molar-refractivity contribution in [3.05, 3.63) is 17.7 Å². The van der Waals surface area contributed by atoms with Crippen LogP contribution in [0.4, 0.5) is 0 Å². The van der Waals surface area contributed by atoms with E-state index in [9.17, 15) is 0 Å². The molecule has 12 heavy (non-hydrogen) atoms. The lowest BCUT2D eigenvalue weighted by atomic mass is 10.2. The monoisotopic (exact) mass is 164 g/mol. The van der Waals surface area contributed by atoms with Gasteiger partial charge in [0, 0.05) is 11.7 Å². The second kappa shape index (κ2) is 2.92. The Bertz CT molecular complexity index is 269. The lowest BCUT2D eigenvalue weighted by molar-refractivity contribution is 0.507. The average molecular weight is 164 g/mol. The normalized spacial score (nSPS) is 18.8. The van der Waals surface area contributed by atoms with Crippen molar-refractivity contribution in [2.75, 3.05) is 0 Å². The first-order chi connectivity index (χ1) is 5.79. The number of hydrogen-bond donors (Lipinski definition) is 0. The third kappa shape index (κ3) is 1.15. The molecule has 1 aliphatic rings. The molecule has 0 amide bonds. The maximum Gasteiger partial charge on any atom is 0.0954 e. The molecule has 0 bridgehead atoms. The van der Waals surface area contributed by atoms with Crippen LogP contribution in [0.1, 0.15) is 43.1 Å². The van der Waals surface area contributed by atoms with Crippen LogP contribution in [0.25, 0.3) is 0 Å². The van der Waals surface area contributed by atoms with Crippen molar-refractivity contribution in [2.45, 2.75) is 45.6 Å². The molecule has 0 N–H and O–H groups in total. The molecule has 0 radical (unpaired) electrons. The first kappa shape index (κ1) is 7.84. The Morgan fingerprint density at radius 3 is 2.50 bits per heavy atom. The van der Waals surface area contributed by atoms with Crippen molar-refractivity contribution in [2.24, 2.45) is 0 Å². The van der Waals surface area contributed by atoms with Gasteiger partial charge in [0.1, 0.15) is 0 Å². The van der Waals surface area contributed by atoms with Gasteiger partial charge in [0.2, 0.25) is 0 Å². The van der Waals surface area contributed by atoms with Crippen LogP contribution < -0.4 is 0 Å². The Hall–Kier alpha value is -0.790. The minimum absolute atomic E-state index is 0.742. The van der Waals surface area contributed by atoms with E-state index in [1.165, 1.54) is 37.1 Å². The van der Waals surface area contributed by atoms with Crippen LogP contribution in [0.15, 0.2) is 6.33 Å². The average Bonchev–Trinajstić information content (AvgIpc) is 2.64. The summed E-state index contributed by atoms with van der Waals surface area (Å²) in [7, 11) is 0. The van der Waals surface area contributed by atoms with Gasteiger partial charge in [-0.1, -0.05) is 12.8 Å². The lowest BCUT2D eigenvalue weighted by Gasteiger charge is -2.12. The Morgan fingerprint density at radius 2 is 2.00 bits per heavy atom.